The maximum absolute atomic E-state index is 12.5. The topological polar surface area (TPSA) is 105 Å². The van der Waals surface area contributed by atoms with Crippen molar-refractivity contribution in [1.29, 1.82) is 0 Å². The zero-order chi connectivity index (χ0) is 14.8. The summed E-state index contributed by atoms with van der Waals surface area (Å²) in [4.78, 5) is 25.4. The van der Waals surface area contributed by atoms with Gasteiger partial charge in [0.2, 0.25) is 0 Å². The number of aromatic nitrogens is 2. The third-order valence-electron chi connectivity index (χ3n) is 3.70. The van der Waals surface area contributed by atoms with Crippen LogP contribution >= 0.6 is 0 Å². The molecule has 21 heavy (non-hydrogen) atoms. The summed E-state index contributed by atoms with van der Waals surface area (Å²) in [5.41, 5.74) is 6.12. The van der Waals surface area contributed by atoms with Gasteiger partial charge < -0.3 is 15.1 Å². The minimum atomic E-state index is -0.586. The second kappa shape index (κ2) is 5.43. The second-order valence-corrected chi connectivity index (χ2v) is 5.06. The number of nitrogens with one attached hydrogen (secondary N) is 1. The lowest BCUT2D eigenvalue weighted by Gasteiger charge is -2.34. The molecule has 7 nitrogen and oxygen atoms in total. The van der Waals surface area contributed by atoms with E-state index in [1.54, 1.807) is 23.1 Å². The van der Waals surface area contributed by atoms with Crippen molar-refractivity contribution in [3.8, 4) is 0 Å². The summed E-state index contributed by atoms with van der Waals surface area (Å²) in [6.45, 7) is 0.648. The molecule has 1 aliphatic heterocycles. The fraction of sp³-hybridized carbons (Fsp3) is 0.357. The largest absolute Gasteiger partial charge is 0.459 e. The van der Waals surface area contributed by atoms with E-state index in [4.69, 9.17) is 10.2 Å². The smallest absolute Gasteiger partial charge is 0.290 e. The van der Waals surface area contributed by atoms with Gasteiger partial charge in [0.15, 0.2) is 5.76 Å². The maximum Gasteiger partial charge on any atom is 0.290 e. The first-order valence-electron chi connectivity index (χ1n) is 6.86. The molecule has 0 saturated carbocycles. The van der Waals surface area contributed by atoms with Gasteiger partial charge >= 0.3 is 0 Å². The van der Waals surface area contributed by atoms with Crippen molar-refractivity contribution >= 4 is 11.8 Å². The molecule has 0 aromatic carbocycles. The molecule has 3 N–H and O–H groups in total. The third-order valence-corrected chi connectivity index (χ3v) is 3.70. The molecule has 2 aromatic rings. The van der Waals surface area contributed by atoms with Crippen molar-refractivity contribution in [3.63, 3.8) is 0 Å². The number of nitrogens with zero attached hydrogens (tertiary/aromatic N) is 2. The summed E-state index contributed by atoms with van der Waals surface area (Å²) >= 11 is 0. The highest BCUT2D eigenvalue weighted by molar-refractivity contribution is 5.92. The Morgan fingerprint density at radius 1 is 1.43 bits per heavy atom. The summed E-state index contributed by atoms with van der Waals surface area (Å²) in [5.74, 6) is -0.423. The molecule has 3 rings (SSSR count). The minimum absolute atomic E-state index is 0.142. The minimum Gasteiger partial charge on any atom is -0.459 e. The van der Waals surface area contributed by atoms with Crippen LogP contribution in [0.1, 0.15) is 52.0 Å². The average Bonchev–Trinajstić information content (AvgIpc) is 3.18. The van der Waals surface area contributed by atoms with E-state index in [1.807, 2.05) is 0 Å². The molecule has 2 amide bonds. The molecular formula is C14H16N4O3. The van der Waals surface area contributed by atoms with Crippen LogP contribution in [0.15, 0.2) is 28.9 Å². The van der Waals surface area contributed by atoms with E-state index < -0.39 is 5.91 Å². The highest BCUT2D eigenvalue weighted by Gasteiger charge is 2.31. The number of hydrogen-bond acceptors (Lipinski definition) is 4. The lowest BCUT2D eigenvalue weighted by molar-refractivity contribution is 0.0573. The predicted octanol–water partition coefficient (Wildman–Crippen LogP) is 1.47. The molecule has 0 radical (unpaired) electrons. The van der Waals surface area contributed by atoms with Crippen LogP contribution in [-0.2, 0) is 0 Å². The molecule has 0 spiro atoms. The molecule has 7 heteroatoms. The number of amides is 2. The van der Waals surface area contributed by atoms with Gasteiger partial charge in [0.25, 0.3) is 11.8 Å². The highest BCUT2D eigenvalue weighted by Crippen LogP contribution is 2.31. The Hall–Kier alpha value is -2.57. The molecule has 2 aromatic heterocycles. The van der Waals surface area contributed by atoms with E-state index in [1.165, 1.54) is 6.26 Å². The molecule has 1 fully saturated rings. The van der Waals surface area contributed by atoms with Gasteiger partial charge in [0.05, 0.1) is 18.0 Å². The number of rotatable bonds is 3. The first-order chi connectivity index (χ1) is 10.2. The van der Waals surface area contributed by atoms with Gasteiger partial charge in [-0.1, -0.05) is 0 Å². The van der Waals surface area contributed by atoms with Crippen molar-refractivity contribution in [2.24, 2.45) is 5.73 Å². The number of furan rings is 1. The Morgan fingerprint density at radius 2 is 2.29 bits per heavy atom. The number of carbonyl (C=O) groups is 2. The summed E-state index contributed by atoms with van der Waals surface area (Å²) in [6, 6.07) is 4.81. The molecule has 0 unspecified atom stereocenters. The zero-order valence-corrected chi connectivity index (χ0v) is 11.4. The van der Waals surface area contributed by atoms with Crippen LogP contribution in [0.5, 0.6) is 0 Å². The van der Waals surface area contributed by atoms with E-state index in [9.17, 15) is 9.59 Å². The summed E-state index contributed by atoms with van der Waals surface area (Å²) < 4.78 is 5.19. The SMILES string of the molecule is NC(=O)c1cc([C@@H]2CCCCN2C(=O)c2ccco2)[nH]n1. The van der Waals surface area contributed by atoms with Crippen LogP contribution in [-0.4, -0.2) is 33.5 Å². The average molecular weight is 288 g/mol. The van der Waals surface area contributed by atoms with Crippen molar-refractivity contribution in [3.05, 3.63) is 41.6 Å². The van der Waals surface area contributed by atoms with Crippen LogP contribution < -0.4 is 5.73 Å². The van der Waals surface area contributed by atoms with Crippen molar-refractivity contribution in [2.45, 2.75) is 25.3 Å². The summed E-state index contributed by atoms with van der Waals surface area (Å²) in [6.07, 6.45) is 4.25. The van der Waals surface area contributed by atoms with E-state index in [2.05, 4.69) is 10.2 Å². The third kappa shape index (κ3) is 2.54. The van der Waals surface area contributed by atoms with Gasteiger partial charge in [-0.2, -0.15) is 5.10 Å². The first kappa shape index (κ1) is 13.4. The number of likely N-dealkylation sites (tertiary alicyclic amines) is 1. The van der Waals surface area contributed by atoms with Crippen LogP contribution in [0.4, 0.5) is 0 Å². The predicted molar refractivity (Wildman–Crippen MR) is 73.4 cm³/mol. The normalized spacial score (nSPS) is 18.7. The number of carbonyl (C=O) groups excluding carboxylic acids is 2. The number of H-pyrrole nitrogens is 1. The Balaban J connectivity index is 1.87. The van der Waals surface area contributed by atoms with Gasteiger partial charge in [-0.3, -0.25) is 14.7 Å². The molecule has 110 valence electrons. The molecule has 0 aliphatic carbocycles. The molecule has 0 bridgehead atoms. The first-order valence-corrected chi connectivity index (χ1v) is 6.86. The zero-order valence-electron chi connectivity index (χ0n) is 11.4. The van der Waals surface area contributed by atoms with Crippen LogP contribution in [0.3, 0.4) is 0 Å². The molecule has 1 atom stereocenters. The Bertz CT molecular complexity index is 647. The van der Waals surface area contributed by atoms with Gasteiger partial charge in [-0.05, 0) is 37.5 Å². The fourth-order valence-electron chi connectivity index (χ4n) is 2.67. The fourth-order valence-corrected chi connectivity index (χ4v) is 2.67. The van der Waals surface area contributed by atoms with Crippen LogP contribution in [0, 0.1) is 0 Å². The van der Waals surface area contributed by atoms with Crippen molar-refractivity contribution < 1.29 is 14.0 Å². The highest BCUT2D eigenvalue weighted by atomic mass is 16.3. The number of aromatic amines is 1. The monoisotopic (exact) mass is 288 g/mol. The van der Waals surface area contributed by atoms with Gasteiger partial charge in [0.1, 0.15) is 5.69 Å². The Kier molecular flexibility index (Phi) is 3.47. The van der Waals surface area contributed by atoms with E-state index >= 15 is 0 Å². The van der Waals surface area contributed by atoms with E-state index in [-0.39, 0.29) is 17.6 Å². The molecule has 1 saturated heterocycles. The lowest BCUT2D eigenvalue weighted by atomic mass is 9.98. The van der Waals surface area contributed by atoms with Crippen LogP contribution in [0.25, 0.3) is 0 Å². The second-order valence-electron chi connectivity index (χ2n) is 5.06. The van der Waals surface area contributed by atoms with Gasteiger partial charge in [-0.15, -0.1) is 0 Å². The summed E-state index contributed by atoms with van der Waals surface area (Å²) in [7, 11) is 0. The number of hydrogen-bond donors (Lipinski definition) is 2. The standard InChI is InChI=1S/C14H16N4O3/c15-13(19)10-8-9(16-17-10)11-4-1-2-6-18(11)14(20)12-5-3-7-21-12/h3,5,7-8,11H,1-2,4,6H2,(H2,15,19)(H,16,17)/t11-/m0/s1. The Labute approximate surface area is 121 Å². The van der Waals surface area contributed by atoms with Crippen molar-refractivity contribution in [1.82, 2.24) is 15.1 Å². The number of nitrogens with two attached hydrogens (primary N) is 1. The van der Waals surface area contributed by atoms with Crippen molar-refractivity contribution in [2.75, 3.05) is 6.54 Å². The van der Waals surface area contributed by atoms with E-state index in [0.29, 0.717) is 12.3 Å². The molecule has 3 heterocycles. The van der Waals surface area contributed by atoms with E-state index in [0.717, 1.165) is 25.0 Å². The quantitative estimate of drug-likeness (QED) is 0.892. The number of piperidine rings is 1. The lowest BCUT2D eigenvalue weighted by Crippen LogP contribution is -2.38. The molecule has 1 aliphatic rings. The van der Waals surface area contributed by atoms with Crippen LogP contribution in [0.2, 0.25) is 0 Å². The molecular weight excluding hydrogens is 272 g/mol. The van der Waals surface area contributed by atoms with Gasteiger partial charge in [0, 0.05) is 6.54 Å². The Morgan fingerprint density at radius 3 is 2.95 bits per heavy atom. The summed E-state index contributed by atoms with van der Waals surface area (Å²) in [5, 5.41) is 6.70. The maximum atomic E-state index is 12.5. The number of primary amides is 1. The van der Waals surface area contributed by atoms with Gasteiger partial charge in [-0.25, -0.2) is 0 Å².